The maximum Gasteiger partial charge on any atom is 0.140 e. The summed E-state index contributed by atoms with van der Waals surface area (Å²) in [4.78, 5) is 12.9. The molecule has 3 heteroatoms. The van der Waals surface area contributed by atoms with Crippen molar-refractivity contribution in [2.45, 2.75) is 89.6 Å². The summed E-state index contributed by atoms with van der Waals surface area (Å²) in [6.07, 6.45) is 10.5. The number of rotatable bonds is 3. The Bertz CT molecular complexity index is 424. The zero-order chi connectivity index (χ0) is 17.3. The van der Waals surface area contributed by atoms with Gasteiger partial charge in [0, 0.05) is 11.8 Å². The Morgan fingerprint density at radius 3 is 1.96 bits per heavy atom. The van der Waals surface area contributed by atoms with Crippen LogP contribution in [0.3, 0.4) is 0 Å². The molecule has 3 rings (SSSR count). The van der Waals surface area contributed by atoms with Gasteiger partial charge in [-0.05, 0) is 75.0 Å². The molecule has 3 fully saturated rings. The molecule has 0 bridgehead atoms. The van der Waals surface area contributed by atoms with E-state index in [0.29, 0.717) is 0 Å². The molecule has 1 nitrogen and oxygen atoms in total. The highest BCUT2D eigenvalue weighted by atomic mass is 35.5. The van der Waals surface area contributed by atoms with Crippen molar-refractivity contribution in [3.63, 3.8) is 0 Å². The Hall–Kier alpha value is -0.110. The van der Waals surface area contributed by atoms with Gasteiger partial charge < -0.3 is 0 Å². The lowest BCUT2D eigenvalue weighted by Gasteiger charge is -2.39. The van der Waals surface area contributed by atoms with E-state index in [0.717, 1.165) is 43.4 Å². The molecule has 24 heavy (non-hydrogen) atoms. The van der Waals surface area contributed by atoms with Crippen molar-refractivity contribution >= 4 is 17.4 Å². The molecule has 138 valence electrons. The Morgan fingerprint density at radius 2 is 1.38 bits per heavy atom. The van der Waals surface area contributed by atoms with Crippen LogP contribution in [-0.4, -0.2) is 17.3 Å². The van der Waals surface area contributed by atoms with Crippen molar-refractivity contribution in [3.05, 3.63) is 0 Å². The molecule has 3 aliphatic carbocycles. The Morgan fingerprint density at radius 1 is 0.833 bits per heavy atom. The van der Waals surface area contributed by atoms with Gasteiger partial charge in [0.1, 0.15) is 12.0 Å². The molecular weight excluding hydrogens is 323 g/mol. The number of alkyl halides is 2. The lowest BCUT2D eigenvalue weighted by molar-refractivity contribution is -0.130. The first-order chi connectivity index (χ1) is 11.5. The van der Waals surface area contributed by atoms with Gasteiger partial charge in [0.25, 0.3) is 0 Å². The van der Waals surface area contributed by atoms with E-state index in [1.807, 2.05) is 6.92 Å². The van der Waals surface area contributed by atoms with Crippen molar-refractivity contribution in [1.82, 2.24) is 0 Å². The third-order valence-corrected chi connectivity index (χ3v) is 7.98. The molecule has 0 aromatic rings. The molecule has 0 aliphatic heterocycles. The van der Waals surface area contributed by atoms with Crippen LogP contribution in [0, 0.1) is 35.5 Å². The lowest BCUT2D eigenvalue weighted by Crippen LogP contribution is -2.42. The first-order valence-electron chi connectivity index (χ1n) is 10.3. The van der Waals surface area contributed by atoms with E-state index in [1.54, 1.807) is 0 Å². The van der Waals surface area contributed by atoms with Gasteiger partial charge in [0.15, 0.2) is 0 Å². The number of carbonyl (C=O) groups excluding carboxylic acids is 1. The van der Waals surface area contributed by atoms with E-state index in [4.69, 9.17) is 11.6 Å². The second-order valence-corrected chi connectivity index (χ2v) is 9.59. The maximum atomic E-state index is 14.2. The van der Waals surface area contributed by atoms with Crippen molar-refractivity contribution in [2.75, 3.05) is 0 Å². The van der Waals surface area contributed by atoms with Gasteiger partial charge in [-0.15, -0.1) is 11.6 Å². The third-order valence-electron chi connectivity index (χ3n) is 7.43. The molecule has 0 N–H and O–H groups in total. The first kappa shape index (κ1) is 18.7. The van der Waals surface area contributed by atoms with Gasteiger partial charge in [-0.2, -0.15) is 0 Å². The molecule has 0 radical (unpaired) electrons. The van der Waals surface area contributed by atoms with Crippen molar-refractivity contribution in [3.8, 4) is 0 Å². The fourth-order valence-electron chi connectivity index (χ4n) is 5.53. The van der Waals surface area contributed by atoms with Crippen molar-refractivity contribution in [1.29, 1.82) is 0 Å². The van der Waals surface area contributed by atoms with E-state index in [9.17, 15) is 9.18 Å². The molecule has 0 spiro atoms. The normalized spacial score (nSPS) is 47.3. The summed E-state index contributed by atoms with van der Waals surface area (Å²) in [7, 11) is 0. The number of halogens is 2. The van der Waals surface area contributed by atoms with E-state index < -0.39 is 11.5 Å². The highest BCUT2D eigenvalue weighted by Crippen LogP contribution is 2.43. The number of hydrogen-bond acceptors (Lipinski definition) is 1. The minimum atomic E-state index is -1.02. The fraction of sp³-hybridized carbons (Fsp3) is 0.952. The van der Waals surface area contributed by atoms with E-state index in [1.165, 1.54) is 38.5 Å². The molecule has 4 unspecified atom stereocenters. The largest absolute Gasteiger partial charge is 0.299 e. The molecule has 3 saturated carbocycles. The average molecular weight is 357 g/mol. The Labute approximate surface area is 152 Å². The predicted molar refractivity (Wildman–Crippen MR) is 98.0 cm³/mol. The summed E-state index contributed by atoms with van der Waals surface area (Å²) in [5.41, 5.74) is 0. The summed E-state index contributed by atoms with van der Waals surface area (Å²) in [6.45, 7) is 4.29. The first-order valence-corrected chi connectivity index (χ1v) is 10.7. The zero-order valence-corrected chi connectivity index (χ0v) is 16.1. The van der Waals surface area contributed by atoms with Gasteiger partial charge in [0.2, 0.25) is 0 Å². The SMILES string of the molecule is CC1CCC(C2CCC(C(=O)C3CCC(C)C(F)C3Cl)CC2)CC1. The molecule has 4 atom stereocenters. The minimum Gasteiger partial charge on any atom is -0.299 e. The van der Waals surface area contributed by atoms with Crippen LogP contribution in [0.4, 0.5) is 4.39 Å². The van der Waals surface area contributed by atoms with Crippen LogP contribution in [-0.2, 0) is 4.79 Å². The van der Waals surface area contributed by atoms with E-state index in [-0.39, 0.29) is 23.5 Å². The van der Waals surface area contributed by atoms with Crippen LogP contribution >= 0.6 is 11.6 Å². The van der Waals surface area contributed by atoms with Crippen LogP contribution in [0.2, 0.25) is 0 Å². The summed E-state index contributed by atoms with van der Waals surface area (Å²) >= 11 is 6.31. The third kappa shape index (κ3) is 4.00. The summed E-state index contributed by atoms with van der Waals surface area (Å²) in [6, 6.07) is 0. The fourth-order valence-corrected chi connectivity index (χ4v) is 6.03. The zero-order valence-electron chi connectivity index (χ0n) is 15.4. The quantitative estimate of drug-likeness (QED) is 0.552. The highest BCUT2D eigenvalue weighted by molar-refractivity contribution is 6.22. The summed E-state index contributed by atoms with van der Waals surface area (Å²) in [5, 5.41) is -0.598. The van der Waals surface area contributed by atoms with Crippen LogP contribution in [0.15, 0.2) is 0 Å². The smallest absolute Gasteiger partial charge is 0.140 e. The molecule has 0 saturated heterocycles. The number of carbonyl (C=O) groups is 1. The molecular formula is C21H34ClFO. The van der Waals surface area contributed by atoms with Gasteiger partial charge in [-0.25, -0.2) is 4.39 Å². The lowest BCUT2D eigenvalue weighted by atomic mass is 9.67. The molecule has 0 heterocycles. The minimum absolute atomic E-state index is 0.000907. The molecule has 0 aromatic carbocycles. The molecule has 0 aromatic heterocycles. The molecule has 3 aliphatic rings. The van der Waals surface area contributed by atoms with Gasteiger partial charge in [-0.1, -0.05) is 26.7 Å². The predicted octanol–water partition coefficient (Wildman–Crippen LogP) is 6.18. The summed E-state index contributed by atoms with van der Waals surface area (Å²) < 4.78 is 14.2. The van der Waals surface area contributed by atoms with E-state index >= 15 is 0 Å². The Balaban J connectivity index is 1.50. The van der Waals surface area contributed by atoms with Crippen LogP contribution in [0.5, 0.6) is 0 Å². The van der Waals surface area contributed by atoms with Gasteiger partial charge in [0.05, 0.1) is 5.38 Å². The number of hydrogen-bond donors (Lipinski definition) is 0. The standard InChI is InChI=1S/C21H34ClFO/c1-13-3-6-15(7-4-13)16-8-10-17(11-9-16)21(24)18-12-5-14(2)20(23)19(18)22/h13-20H,3-12H2,1-2H3. The maximum absolute atomic E-state index is 14.2. The van der Waals surface area contributed by atoms with Gasteiger partial charge >= 0.3 is 0 Å². The second-order valence-electron chi connectivity index (χ2n) is 9.08. The number of ketones is 1. The van der Waals surface area contributed by atoms with Crippen LogP contribution in [0.1, 0.15) is 78.1 Å². The second kappa shape index (κ2) is 8.06. The van der Waals surface area contributed by atoms with E-state index in [2.05, 4.69) is 6.92 Å². The topological polar surface area (TPSA) is 17.1 Å². The Kier molecular flexibility index (Phi) is 6.27. The highest BCUT2D eigenvalue weighted by Gasteiger charge is 2.43. The van der Waals surface area contributed by atoms with Crippen LogP contribution in [0.25, 0.3) is 0 Å². The van der Waals surface area contributed by atoms with Crippen molar-refractivity contribution < 1.29 is 9.18 Å². The van der Waals surface area contributed by atoms with Crippen molar-refractivity contribution in [2.24, 2.45) is 35.5 Å². The van der Waals surface area contributed by atoms with Gasteiger partial charge in [-0.3, -0.25) is 4.79 Å². The summed E-state index contributed by atoms with van der Waals surface area (Å²) in [5.74, 6) is 2.81. The average Bonchev–Trinajstić information content (AvgIpc) is 2.60. The van der Waals surface area contributed by atoms with Crippen LogP contribution < -0.4 is 0 Å². The molecule has 0 amide bonds. The monoisotopic (exact) mass is 356 g/mol. The number of Topliss-reactive ketones (excluding diaryl/α,β-unsaturated/α-hetero) is 1.